The van der Waals surface area contributed by atoms with E-state index in [2.05, 4.69) is 59.0 Å². The zero-order chi connectivity index (χ0) is 14.6. The molecule has 0 aliphatic rings. The second-order valence-electron chi connectivity index (χ2n) is 5.75. The van der Waals surface area contributed by atoms with Crippen molar-refractivity contribution in [2.45, 2.75) is 72.6 Å². The molecule has 2 nitrogen and oxygen atoms in total. The van der Waals surface area contributed by atoms with Crippen molar-refractivity contribution >= 4 is 0 Å². The van der Waals surface area contributed by atoms with E-state index in [1.807, 2.05) is 0 Å². The molecule has 0 saturated carbocycles. The Balaban J connectivity index is 3.00. The third kappa shape index (κ3) is 4.05. The minimum atomic E-state index is -0.431. The second kappa shape index (κ2) is 7.06. The van der Waals surface area contributed by atoms with Crippen LogP contribution in [0.1, 0.15) is 62.0 Å². The van der Waals surface area contributed by atoms with Crippen molar-refractivity contribution in [3.63, 3.8) is 0 Å². The highest BCUT2D eigenvalue weighted by Crippen LogP contribution is 2.27. The van der Waals surface area contributed by atoms with E-state index in [1.54, 1.807) is 0 Å². The van der Waals surface area contributed by atoms with Crippen LogP contribution in [0.15, 0.2) is 12.1 Å². The van der Waals surface area contributed by atoms with Gasteiger partial charge in [-0.3, -0.25) is 0 Å². The van der Waals surface area contributed by atoms with Crippen molar-refractivity contribution in [2.75, 3.05) is 0 Å². The van der Waals surface area contributed by atoms with E-state index in [-0.39, 0.29) is 6.04 Å². The fraction of sp³-hybridized carbons (Fsp3) is 0.647. The molecule has 108 valence electrons. The highest BCUT2D eigenvalue weighted by molar-refractivity contribution is 5.39. The quantitative estimate of drug-likeness (QED) is 0.818. The summed E-state index contributed by atoms with van der Waals surface area (Å²) in [6.45, 7) is 12.7. The maximum atomic E-state index is 10.7. The number of aliphatic hydroxyl groups excluding tert-OH is 1. The van der Waals surface area contributed by atoms with E-state index in [1.165, 1.54) is 16.7 Å². The van der Waals surface area contributed by atoms with Gasteiger partial charge in [0, 0.05) is 12.1 Å². The largest absolute Gasteiger partial charge is 0.387 e. The lowest BCUT2D eigenvalue weighted by atomic mass is 9.90. The van der Waals surface area contributed by atoms with Crippen molar-refractivity contribution in [1.29, 1.82) is 0 Å². The number of rotatable bonds is 6. The molecule has 0 spiro atoms. The van der Waals surface area contributed by atoms with Crippen LogP contribution in [0.2, 0.25) is 0 Å². The molecule has 1 aromatic rings. The predicted molar refractivity (Wildman–Crippen MR) is 82.6 cm³/mol. The van der Waals surface area contributed by atoms with Crippen molar-refractivity contribution < 1.29 is 5.11 Å². The summed E-state index contributed by atoms with van der Waals surface area (Å²) in [5.74, 6) is 0. The number of benzene rings is 1. The Morgan fingerprint density at radius 1 is 1.05 bits per heavy atom. The lowest BCUT2D eigenvalue weighted by Crippen LogP contribution is -2.40. The Bertz CT molecular complexity index is 391. The highest BCUT2D eigenvalue weighted by Gasteiger charge is 2.23. The topological polar surface area (TPSA) is 32.3 Å². The van der Waals surface area contributed by atoms with Gasteiger partial charge in [-0.2, -0.15) is 0 Å². The summed E-state index contributed by atoms with van der Waals surface area (Å²) in [7, 11) is 0. The molecule has 1 aromatic carbocycles. The third-order valence-corrected chi connectivity index (χ3v) is 3.97. The molecule has 2 N–H and O–H groups in total. The molecule has 0 radical (unpaired) electrons. The normalized spacial score (nSPS) is 16.2. The molecule has 0 fully saturated rings. The molecule has 0 aliphatic heterocycles. The molecule has 0 amide bonds. The number of hydrogen-bond acceptors (Lipinski definition) is 2. The van der Waals surface area contributed by atoms with Gasteiger partial charge in [0.1, 0.15) is 0 Å². The van der Waals surface area contributed by atoms with Crippen LogP contribution in [0.4, 0.5) is 0 Å². The number of nitrogens with one attached hydrogen (secondary N) is 1. The standard InChI is InChI=1S/C17H29NO/c1-7-14(6)18-15(8-2)17(19)16-12(4)9-11(3)10-13(16)5/h9-10,14-15,17-19H,7-8H2,1-6H3. The molecule has 1 rings (SSSR count). The summed E-state index contributed by atoms with van der Waals surface area (Å²) in [6.07, 6.45) is 1.58. The van der Waals surface area contributed by atoms with Gasteiger partial charge < -0.3 is 10.4 Å². The van der Waals surface area contributed by atoms with Gasteiger partial charge in [-0.05, 0) is 57.2 Å². The highest BCUT2D eigenvalue weighted by atomic mass is 16.3. The van der Waals surface area contributed by atoms with Crippen molar-refractivity contribution in [2.24, 2.45) is 0 Å². The van der Waals surface area contributed by atoms with Gasteiger partial charge in [-0.1, -0.05) is 31.5 Å². The summed E-state index contributed by atoms with van der Waals surface area (Å²) >= 11 is 0. The van der Waals surface area contributed by atoms with Gasteiger partial charge >= 0.3 is 0 Å². The Labute approximate surface area is 118 Å². The van der Waals surface area contributed by atoms with Crippen LogP contribution in [-0.4, -0.2) is 17.2 Å². The molecule has 0 saturated heterocycles. The molecule has 3 unspecified atom stereocenters. The fourth-order valence-electron chi connectivity index (χ4n) is 2.77. The maximum absolute atomic E-state index is 10.7. The first-order valence-electron chi connectivity index (χ1n) is 7.42. The van der Waals surface area contributed by atoms with E-state index < -0.39 is 6.10 Å². The minimum absolute atomic E-state index is 0.120. The summed E-state index contributed by atoms with van der Waals surface area (Å²) in [5, 5.41) is 14.2. The summed E-state index contributed by atoms with van der Waals surface area (Å²) in [4.78, 5) is 0. The fourth-order valence-corrected chi connectivity index (χ4v) is 2.77. The van der Waals surface area contributed by atoms with E-state index >= 15 is 0 Å². The van der Waals surface area contributed by atoms with Crippen molar-refractivity contribution in [3.8, 4) is 0 Å². The molecular formula is C17H29NO. The van der Waals surface area contributed by atoms with Gasteiger partial charge in [-0.15, -0.1) is 0 Å². The Kier molecular flexibility index (Phi) is 6.02. The van der Waals surface area contributed by atoms with E-state index in [9.17, 15) is 5.11 Å². The Morgan fingerprint density at radius 3 is 2.00 bits per heavy atom. The summed E-state index contributed by atoms with van der Waals surface area (Å²) < 4.78 is 0. The van der Waals surface area contributed by atoms with Crippen LogP contribution in [-0.2, 0) is 0 Å². The molecule has 2 heteroatoms. The first-order chi connectivity index (χ1) is 8.90. The SMILES string of the molecule is CCC(C)NC(CC)C(O)c1c(C)cc(C)cc1C. The first-order valence-corrected chi connectivity index (χ1v) is 7.42. The zero-order valence-corrected chi connectivity index (χ0v) is 13.2. The summed E-state index contributed by atoms with van der Waals surface area (Å²) in [5.41, 5.74) is 4.73. The number of aliphatic hydroxyl groups is 1. The molecule has 0 aliphatic carbocycles. The van der Waals surface area contributed by atoms with Crippen LogP contribution >= 0.6 is 0 Å². The molecule has 0 bridgehead atoms. The molecule has 0 aromatic heterocycles. The zero-order valence-electron chi connectivity index (χ0n) is 13.2. The van der Waals surface area contributed by atoms with E-state index in [0.29, 0.717) is 6.04 Å². The van der Waals surface area contributed by atoms with Crippen LogP contribution in [0.5, 0.6) is 0 Å². The molecule has 3 atom stereocenters. The van der Waals surface area contributed by atoms with Gasteiger partial charge in [-0.25, -0.2) is 0 Å². The molecular weight excluding hydrogens is 234 g/mol. The monoisotopic (exact) mass is 263 g/mol. The Morgan fingerprint density at radius 2 is 1.58 bits per heavy atom. The number of hydrogen-bond donors (Lipinski definition) is 2. The maximum Gasteiger partial charge on any atom is 0.0948 e. The van der Waals surface area contributed by atoms with Crippen molar-refractivity contribution in [1.82, 2.24) is 5.32 Å². The van der Waals surface area contributed by atoms with Crippen LogP contribution in [0.3, 0.4) is 0 Å². The average molecular weight is 263 g/mol. The third-order valence-electron chi connectivity index (χ3n) is 3.97. The first kappa shape index (κ1) is 16.2. The average Bonchev–Trinajstić information content (AvgIpc) is 2.33. The lowest BCUT2D eigenvalue weighted by Gasteiger charge is -2.28. The number of aryl methyl sites for hydroxylation is 3. The minimum Gasteiger partial charge on any atom is -0.387 e. The Hall–Kier alpha value is -0.860. The van der Waals surface area contributed by atoms with E-state index in [4.69, 9.17) is 0 Å². The van der Waals surface area contributed by atoms with Crippen LogP contribution in [0.25, 0.3) is 0 Å². The van der Waals surface area contributed by atoms with Gasteiger partial charge in [0.15, 0.2) is 0 Å². The van der Waals surface area contributed by atoms with E-state index in [0.717, 1.165) is 18.4 Å². The van der Waals surface area contributed by atoms with Gasteiger partial charge in [0.25, 0.3) is 0 Å². The van der Waals surface area contributed by atoms with Crippen LogP contribution < -0.4 is 5.32 Å². The van der Waals surface area contributed by atoms with Crippen molar-refractivity contribution in [3.05, 3.63) is 34.4 Å². The summed E-state index contributed by atoms with van der Waals surface area (Å²) in [6, 6.07) is 4.86. The smallest absolute Gasteiger partial charge is 0.0948 e. The van der Waals surface area contributed by atoms with Gasteiger partial charge in [0.05, 0.1) is 6.10 Å². The second-order valence-corrected chi connectivity index (χ2v) is 5.75. The lowest BCUT2D eigenvalue weighted by molar-refractivity contribution is 0.118. The van der Waals surface area contributed by atoms with Crippen LogP contribution in [0, 0.1) is 20.8 Å². The van der Waals surface area contributed by atoms with Gasteiger partial charge in [0.2, 0.25) is 0 Å². The molecule has 19 heavy (non-hydrogen) atoms. The molecule has 0 heterocycles. The predicted octanol–water partition coefficient (Wildman–Crippen LogP) is 3.81.